The van der Waals surface area contributed by atoms with Crippen LogP contribution in [0.5, 0.6) is 0 Å². The first-order valence-corrected chi connectivity index (χ1v) is 3.39. The van der Waals surface area contributed by atoms with Crippen molar-refractivity contribution in [2.75, 3.05) is 13.8 Å². The van der Waals surface area contributed by atoms with Gasteiger partial charge in [-0.25, -0.2) is 5.26 Å². The van der Waals surface area contributed by atoms with Gasteiger partial charge in [-0.3, -0.25) is 4.57 Å². The Hall–Kier alpha value is -0.320. The van der Waals surface area contributed by atoms with Crippen LogP contribution in [0, 0.1) is 11.8 Å². The zero-order chi connectivity index (χ0) is 6.28. The van der Waals surface area contributed by atoms with E-state index in [9.17, 15) is 4.57 Å². The molecule has 0 aliphatic heterocycles. The normalized spacial score (nSPS) is 10.9. The van der Waals surface area contributed by atoms with Crippen LogP contribution < -0.4 is 0 Å². The molecule has 0 aliphatic carbocycles. The minimum atomic E-state index is -1.62. The minimum absolute atomic E-state index is 1.43. The summed E-state index contributed by atoms with van der Waals surface area (Å²) in [4.78, 5) is 0. The first-order chi connectivity index (χ1) is 3.27. The van der Waals surface area contributed by atoms with Crippen molar-refractivity contribution < 1.29 is 9.09 Å². The molecule has 0 amide bonds. The molecule has 0 fully saturated rings. The molecule has 0 aliphatic rings. The maximum Gasteiger partial charge on any atom is 0.188 e. The van der Waals surface area contributed by atoms with E-state index in [0.717, 1.165) is 0 Å². The maximum atomic E-state index is 9.78. The first-order valence-electron chi connectivity index (χ1n) is 1.57. The topological polar surface area (TPSA) is 50.1 Å². The van der Waals surface area contributed by atoms with Crippen LogP contribution in [0.3, 0.4) is 0 Å². The maximum absolute atomic E-state index is 9.78. The van der Waals surface area contributed by atoms with Crippen LogP contribution >= 0.6 is 8.03 Å². The van der Waals surface area contributed by atoms with Gasteiger partial charge in [0.15, 0.2) is 8.03 Å². The number of hydrogen-bond donors (Lipinski definition) is 0. The molecule has 0 heterocycles. The Morgan fingerprint density at radius 3 is 1.86 bits per heavy atom. The van der Waals surface area contributed by atoms with Crippen molar-refractivity contribution in [3.05, 3.63) is 0 Å². The molecular formula is C3H8NO2P. The van der Waals surface area contributed by atoms with Crippen LogP contribution in [0.4, 0.5) is 0 Å². The summed E-state index contributed by atoms with van der Waals surface area (Å²) < 4.78 is 14.1. The molecule has 0 bridgehead atoms. The van der Waals surface area contributed by atoms with Crippen molar-refractivity contribution >= 4 is 8.03 Å². The van der Waals surface area contributed by atoms with E-state index >= 15 is 0 Å². The third-order valence-corrected chi connectivity index (χ3v) is 0.862. The van der Waals surface area contributed by atoms with Crippen LogP contribution in [0.25, 0.3) is 0 Å². The minimum Gasteiger partial charge on any atom is -0.334 e. The first kappa shape index (κ1) is 9.84. The second-order valence-electron chi connectivity index (χ2n) is 0.696. The van der Waals surface area contributed by atoms with Gasteiger partial charge in [-0.05, 0) is 0 Å². The zero-order valence-electron chi connectivity index (χ0n) is 4.34. The Balaban J connectivity index is 0. The highest BCUT2D eigenvalue weighted by Crippen LogP contribution is 2.10. The van der Waals surface area contributed by atoms with E-state index in [4.69, 9.17) is 5.26 Å². The quantitative estimate of drug-likeness (QED) is 0.484. The Kier molecular flexibility index (Phi) is 12.9. The Labute approximate surface area is 43.8 Å². The van der Waals surface area contributed by atoms with Crippen molar-refractivity contribution in [1.29, 1.82) is 5.26 Å². The lowest BCUT2D eigenvalue weighted by molar-refractivity contribution is 0.419. The predicted octanol–water partition coefficient (Wildman–Crippen LogP) is 0.877. The third kappa shape index (κ3) is 27.3. The van der Waals surface area contributed by atoms with Crippen LogP contribution in [-0.4, -0.2) is 13.8 Å². The number of rotatable bonds is 1. The standard InChI is InChI=1S/C2H7O2P.CHN/c1-4-5(2)3;1-2/h5H,1-2H3;1H. The molecule has 0 aromatic carbocycles. The van der Waals surface area contributed by atoms with E-state index in [0.29, 0.717) is 0 Å². The monoisotopic (exact) mass is 121 g/mol. The molecular weight excluding hydrogens is 113 g/mol. The summed E-state index contributed by atoms with van der Waals surface area (Å²) in [5, 5.41) is 6.50. The average Bonchev–Trinajstić information content (AvgIpc) is 1.73. The molecule has 0 saturated heterocycles. The molecule has 4 heteroatoms. The summed E-state index contributed by atoms with van der Waals surface area (Å²) in [5.41, 5.74) is 0. The van der Waals surface area contributed by atoms with Gasteiger partial charge in [0.05, 0.1) is 0 Å². The van der Waals surface area contributed by atoms with Gasteiger partial charge < -0.3 is 4.52 Å². The Morgan fingerprint density at radius 1 is 1.71 bits per heavy atom. The van der Waals surface area contributed by atoms with Crippen molar-refractivity contribution in [1.82, 2.24) is 0 Å². The Bertz CT molecular complexity index is 70.6. The van der Waals surface area contributed by atoms with E-state index in [1.807, 2.05) is 0 Å². The molecule has 0 rings (SSSR count). The highest BCUT2D eigenvalue weighted by Gasteiger charge is 1.72. The smallest absolute Gasteiger partial charge is 0.188 e. The molecule has 0 radical (unpaired) electrons. The lowest BCUT2D eigenvalue weighted by Gasteiger charge is -1.79. The predicted molar refractivity (Wildman–Crippen MR) is 28.6 cm³/mol. The molecule has 0 aromatic rings. The van der Waals surface area contributed by atoms with Crippen LogP contribution in [0.15, 0.2) is 0 Å². The van der Waals surface area contributed by atoms with E-state index in [1.165, 1.54) is 7.11 Å². The molecule has 3 nitrogen and oxygen atoms in total. The third-order valence-electron chi connectivity index (χ3n) is 0.287. The summed E-state index contributed by atoms with van der Waals surface area (Å²) in [6, 6.07) is 0. The molecule has 0 spiro atoms. The van der Waals surface area contributed by atoms with E-state index in [1.54, 1.807) is 6.66 Å². The second-order valence-corrected chi connectivity index (χ2v) is 2.09. The fraction of sp³-hybridized carbons (Fsp3) is 0.667. The van der Waals surface area contributed by atoms with Gasteiger partial charge in [0.25, 0.3) is 0 Å². The summed E-state index contributed by atoms with van der Waals surface area (Å²) in [7, 11) is -0.192. The lowest BCUT2D eigenvalue weighted by atomic mass is 11.8. The average molecular weight is 121 g/mol. The fourth-order valence-corrected chi connectivity index (χ4v) is 0. The molecule has 0 N–H and O–H groups in total. The number of hydrogen-bond acceptors (Lipinski definition) is 3. The van der Waals surface area contributed by atoms with E-state index in [-0.39, 0.29) is 0 Å². The van der Waals surface area contributed by atoms with Gasteiger partial charge in [0.1, 0.15) is 0 Å². The van der Waals surface area contributed by atoms with Gasteiger partial charge in [-0.2, -0.15) is 0 Å². The van der Waals surface area contributed by atoms with Gasteiger partial charge in [-0.1, -0.05) is 0 Å². The fourth-order valence-electron chi connectivity index (χ4n) is 0. The summed E-state index contributed by atoms with van der Waals surface area (Å²) in [5.74, 6) is 0. The lowest BCUT2D eigenvalue weighted by Crippen LogP contribution is -1.56. The molecule has 7 heavy (non-hydrogen) atoms. The van der Waals surface area contributed by atoms with Gasteiger partial charge in [0, 0.05) is 20.3 Å². The van der Waals surface area contributed by atoms with Crippen LogP contribution in [0.1, 0.15) is 0 Å². The SMILES string of the molecule is C#N.CO[PH](C)=O. The number of nitriles is 1. The zero-order valence-corrected chi connectivity index (χ0v) is 5.34. The van der Waals surface area contributed by atoms with Crippen LogP contribution in [-0.2, 0) is 9.09 Å². The van der Waals surface area contributed by atoms with Crippen molar-refractivity contribution in [3.8, 4) is 6.57 Å². The van der Waals surface area contributed by atoms with E-state index in [2.05, 4.69) is 11.1 Å². The highest BCUT2D eigenvalue weighted by atomic mass is 31.1. The van der Waals surface area contributed by atoms with Gasteiger partial charge in [-0.15, -0.1) is 0 Å². The Morgan fingerprint density at radius 2 is 1.86 bits per heavy atom. The second kappa shape index (κ2) is 9.19. The molecule has 0 aromatic heterocycles. The molecule has 0 saturated carbocycles. The molecule has 1 unspecified atom stereocenters. The van der Waals surface area contributed by atoms with Gasteiger partial charge in [0.2, 0.25) is 0 Å². The summed E-state index contributed by atoms with van der Waals surface area (Å²) in [6.07, 6.45) is 0. The van der Waals surface area contributed by atoms with E-state index < -0.39 is 8.03 Å². The number of nitrogens with zero attached hydrogens (tertiary/aromatic N) is 1. The van der Waals surface area contributed by atoms with Crippen LogP contribution in [0.2, 0.25) is 0 Å². The largest absolute Gasteiger partial charge is 0.334 e. The van der Waals surface area contributed by atoms with Crippen molar-refractivity contribution in [2.24, 2.45) is 0 Å². The summed E-state index contributed by atoms with van der Waals surface area (Å²) >= 11 is 0. The highest BCUT2D eigenvalue weighted by molar-refractivity contribution is 7.38. The van der Waals surface area contributed by atoms with Gasteiger partial charge >= 0.3 is 0 Å². The molecule has 1 atom stereocenters. The summed E-state index contributed by atoms with van der Waals surface area (Å²) in [6.45, 7) is 5.05. The van der Waals surface area contributed by atoms with Crippen molar-refractivity contribution in [3.63, 3.8) is 0 Å². The van der Waals surface area contributed by atoms with Crippen molar-refractivity contribution in [2.45, 2.75) is 0 Å². The molecule has 42 valence electrons.